The monoisotopic (exact) mass is 394 g/mol. The number of hydrogen-bond acceptors (Lipinski definition) is 5. The molecule has 1 N–H and O–H groups in total. The fourth-order valence-corrected chi connectivity index (χ4v) is 5.24. The zero-order chi connectivity index (χ0) is 19.1. The number of benzene rings is 1. The van der Waals surface area contributed by atoms with Gasteiger partial charge in [0.25, 0.3) is 5.79 Å². The number of ether oxygens (including phenoxy) is 2. The number of fused-ring (bicyclic) bond motifs is 1. The van der Waals surface area contributed by atoms with Gasteiger partial charge in [0.15, 0.2) is 11.5 Å². The van der Waals surface area contributed by atoms with E-state index in [4.69, 9.17) is 9.47 Å². The summed E-state index contributed by atoms with van der Waals surface area (Å²) in [6.45, 7) is 2.44. The smallest absolute Gasteiger partial charge is 0.251 e. The first-order valence-electron chi connectivity index (χ1n) is 9.72. The van der Waals surface area contributed by atoms with E-state index in [1.807, 2.05) is 18.2 Å². The summed E-state index contributed by atoms with van der Waals surface area (Å²) >= 11 is 0. The van der Waals surface area contributed by atoms with Crippen molar-refractivity contribution in [2.24, 2.45) is 5.92 Å². The fourth-order valence-electron chi connectivity index (χ4n) is 4.11. The number of anilines is 1. The summed E-state index contributed by atoms with van der Waals surface area (Å²) in [4.78, 5) is 12.6. The topological polar surface area (TPSA) is 84.9 Å². The van der Waals surface area contributed by atoms with Gasteiger partial charge in [-0.05, 0) is 44.7 Å². The van der Waals surface area contributed by atoms with Gasteiger partial charge in [0.2, 0.25) is 15.9 Å². The van der Waals surface area contributed by atoms with Crippen LogP contribution in [0.5, 0.6) is 11.5 Å². The van der Waals surface area contributed by atoms with Crippen molar-refractivity contribution >= 4 is 21.6 Å². The lowest BCUT2D eigenvalue weighted by atomic mass is 9.97. The van der Waals surface area contributed by atoms with Gasteiger partial charge in [-0.25, -0.2) is 12.7 Å². The summed E-state index contributed by atoms with van der Waals surface area (Å²) in [5, 5.41) is 2.95. The summed E-state index contributed by atoms with van der Waals surface area (Å²) in [6, 6.07) is 5.48. The van der Waals surface area contributed by atoms with Gasteiger partial charge in [0.05, 0.1) is 5.75 Å². The Hall–Kier alpha value is -1.80. The molecular weight excluding hydrogens is 368 g/mol. The van der Waals surface area contributed by atoms with Crippen molar-refractivity contribution < 1.29 is 22.7 Å². The normalized spacial score (nSPS) is 22.3. The third-order valence-electron chi connectivity index (χ3n) is 5.75. The maximum atomic E-state index is 12.6. The molecule has 8 heteroatoms. The van der Waals surface area contributed by atoms with Crippen LogP contribution in [0.25, 0.3) is 0 Å². The van der Waals surface area contributed by atoms with Crippen molar-refractivity contribution in [3.8, 4) is 11.5 Å². The molecule has 0 bridgehead atoms. The van der Waals surface area contributed by atoms with E-state index >= 15 is 0 Å². The number of rotatable bonds is 4. The number of nitrogens with one attached hydrogen (secondary N) is 1. The first-order valence-corrected chi connectivity index (χ1v) is 11.3. The number of amides is 1. The summed E-state index contributed by atoms with van der Waals surface area (Å²) in [7, 11) is -3.18. The Labute approximate surface area is 160 Å². The number of carbonyl (C=O) groups excluding carboxylic acids is 1. The summed E-state index contributed by atoms with van der Waals surface area (Å²) in [6.07, 6.45) is 5.07. The van der Waals surface area contributed by atoms with Crippen LogP contribution >= 0.6 is 0 Å². The highest BCUT2D eigenvalue weighted by Gasteiger charge is 2.44. The van der Waals surface area contributed by atoms with Crippen LogP contribution in [0, 0.1) is 5.92 Å². The fraction of sp³-hybridized carbons (Fsp3) is 0.632. The molecule has 2 heterocycles. The molecule has 4 rings (SSSR count). The van der Waals surface area contributed by atoms with Crippen molar-refractivity contribution in [3.63, 3.8) is 0 Å². The summed E-state index contributed by atoms with van der Waals surface area (Å²) < 4.78 is 37.4. The average Bonchev–Trinajstić information content (AvgIpc) is 3.27. The quantitative estimate of drug-likeness (QED) is 0.849. The maximum absolute atomic E-state index is 12.6. The summed E-state index contributed by atoms with van der Waals surface area (Å²) in [5.74, 6) is 0.745. The molecule has 7 nitrogen and oxygen atoms in total. The number of sulfonamides is 1. The van der Waals surface area contributed by atoms with E-state index < -0.39 is 15.8 Å². The predicted molar refractivity (Wildman–Crippen MR) is 101 cm³/mol. The van der Waals surface area contributed by atoms with Gasteiger partial charge in [-0.2, -0.15) is 0 Å². The molecule has 1 saturated carbocycles. The molecule has 1 aliphatic carbocycles. The van der Waals surface area contributed by atoms with E-state index in [1.165, 1.54) is 4.31 Å². The standard InChI is InChI=1S/C19H26N2O5S/c1-2-27(23,24)21-11-7-14(8-12-21)18(22)20-15-5-6-16-17(13-15)26-19(25-16)9-3-4-10-19/h5-6,13-14H,2-4,7-12H2,1H3,(H,20,22). The van der Waals surface area contributed by atoms with Crippen LogP contribution in [0.1, 0.15) is 45.4 Å². The molecular formula is C19H26N2O5S. The molecule has 0 radical (unpaired) electrons. The Balaban J connectivity index is 1.36. The van der Waals surface area contributed by atoms with Gasteiger partial charge in [-0.3, -0.25) is 4.79 Å². The van der Waals surface area contributed by atoms with Crippen LogP contribution in [-0.2, 0) is 14.8 Å². The van der Waals surface area contributed by atoms with E-state index in [0.29, 0.717) is 37.4 Å². The van der Waals surface area contributed by atoms with Gasteiger partial charge < -0.3 is 14.8 Å². The van der Waals surface area contributed by atoms with Gasteiger partial charge in [-0.15, -0.1) is 0 Å². The predicted octanol–water partition coefficient (Wildman–Crippen LogP) is 2.73. The SMILES string of the molecule is CCS(=O)(=O)N1CCC(C(=O)Nc2ccc3c(c2)OC2(CCCC2)O3)CC1. The Morgan fingerprint density at radius 1 is 1.19 bits per heavy atom. The minimum atomic E-state index is -3.18. The molecule has 1 spiro atoms. The van der Waals surface area contributed by atoms with E-state index in [9.17, 15) is 13.2 Å². The highest BCUT2D eigenvalue weighted by molar-refractivity contribution is 7.89. The third kappa shape index (κ3) is 3.65. The van der Waals surface area contributed by atoms with Crippen molar-refractivity contribution in [3.05, 3.63) is 18.2 Å². The lowest BCUT2D eigenvalue weighted by Crippen LogP contribution is -2.42. The van der Waals surface area contributed by atoms with Crippen molar-refractivity contribution in [2.75, 3.05) is 24.2 Å². The lowest BCUT2D eigenvalue weighted by molar-refractivity contribution is -0.120. The number of carbonyl (C=O) groups is 1. The molecule has 0 unspecified atom stereocenters. The van der Waals surface area contributed by atoms with Crippen LogP contribution in [0.2, 0.25) is 0 Å². The van der Waals surface area contributed by atoms with Crippen LogP contribution in [-0.4, -0.2) is 43.3 Å². The van der Waals surface area contributed by atoms with E-state index in [2.05, 4.69) is 5.32 Å². The highest BCUT2D eigenvalue weighted by Crippen LogP contribution is 2.47. The second kappa shape index (κ2) is 6.98. The number of hydrogen-bond donors (Lipinski definition) is 1. The zero-order valence-electron chi connectivity index (χ0n) is 15.6. The molecule has 27 heavy (non-hydrogen) atoms. The van der Waals surface area contributed by atoms with Gasteiger partial charge in [0.1, 0.15) is 0 Å². The van der Waals surface area contributed by atoms with Crippen LogP contribution < -0.4 is 14.8 Å². The van der Waals surface area contributed by atoms with Gasteiger partial charge in [0, 0.05) is 43.6 Å². The van der Waals surface area contributed by atoms with E-state index in [1.54, 1.807) is 6.92 Å². The highest BCUT2D eigenvalue weighted by atomic mass is 32.2. The molecule has 148 valence electrons. The molecule has 3 aliphatic rings. The summed E-state index contributed by atoms with van der Waals surface area (Å²) in [5.41, 5.74) is 0.681. The minimum Gasteiger partial charge on any atom is -0.448 e. The molecule has 0 atom stereocenters. The Morgan fingerprint density at radius 3 is 2.52 bits per heavy atom. The molecule has 1 aromatic carbocycles. The number of nitrogens with zero attached hydrogens (tertiary/aromatic N) is 1. The first-order chi connectivity index (χ1) is 12.9. The minimum absolute atomic E-state index is 0.0713. The maximum Gasteiger partial charge on any atom is 0.251 e. The molecule has 2 aliphatic heterocycles. The van der Waals surface area contributed by atoms with E-state index in [-0.39, 0.29) is 17.6 Å². The van der Waals surface area contributed by atoms with Crippen LogP contribution in [0.4, 0.5) is 5.69 Å². The second-order valence-corrected chi connectivity index (χ2v) is 9.80. The average molecular weight is 394 g/mol. The largest absolute Gasteiger partial charge is 0.448 e. The molecule has 1 amide bonds. The van der Waals surface area contributed by atoms with Gasteiger partial charge in [-0.1, -0.05) is 0 Å². The number of piperidine rings is 1. The van der Waals surface area contributed by atoms with Crippen LogP contribution in [0.3, 0.4) is 0 Å². The van der Waals surface area contributed by atoms with E-state index in [0.717, 1.165) is 31.4 Å². The molecule has 0 aromatic heterocycles. The Morgan fingerprint density at radius 2 is 1.85 bits per heavy atom. The van der Waals surface area contributed by atoms with Crippen molar-refractivity contribution in [2.45, 2.75) is 51.2 Å². The van der Waals surface area contributed by atoms with Crippen molar-refractivity contribution in [1.29, 1.82) is 0 Å². The van der Waals surface area contributed by atoms with Crippen LogP contribution in [0.15, 0.2) is 18.2 Å². The Bertz CT molecular complexity index is 825. The zero-order valence-corrected chi connectivity index (χ0v) is 16.4. The first kappa shape index (κ1) is 18.6. The Kier molecular flexibility index (Phi) is 4.80. The second-order valence-electron chi connectivity index (χ2n) is 7.55. The van der Waals surface area contributed by atoms with Crippen molar-refractivity contribution in [1.82, 2.24) is 4.31 Å². The third-order valence-corrected chi connectivity index (χ3v) is 7.63. The van der Waals surface area contributed by atoms with Gasteiger partial charge >= 0.3 is 0 Å². The molecule has 2 fully saturated rings. The molecule has 1 saturated heterocycles. The lowest BCUT2D eigenvalue weighted by Gasteiger charge is -2.30. The molecule has 1 aromatic rings.